The lowest BCUT2D eigenvalue weighted by molar-refractivity contribution is -0.233. The van der Waals surface area contributed by atoms with Crippen LogP contribution in [0.3, 0.4) is 0 Å². The first kappa shape index (κ1) is 29.5. The van der Waals surface area contributed by atoms with Gasteiger partial charge in [-0.2, -0.15) is 0 Å². The predicted molar refractivity (Wildman–Crippen MR) is 175 cm³/mol. The number of fused-ring (bicyclic) bond motifs is 6. The third-order valence-electron chi connectivity index (χ3n) is 16.0. The molecule has 0 unspecified atom stereocenters. The molecule has 5 nitrogen and oxygen atoms in total. The Hall–Kier alpha value is -1.88. The van der Waals surface area contributed by atoms with Gasteiger partial charge in [-0.05, 0) is 127 Å². The van der Waals surface area contributed by atoms with Gasteiger partial charge in [0.05, 0.1) is 31.2 Å². The van der Waals surface area contributed by atoms with Crippen LogP contribution in [0.5, 0.6) is 5.75 Å². The summed E-state index contributed by atoms with van der Waals surface area (Å²) in [6.07, 6.45) is 13.4. The molecule has 44 heavy (non-hydrogen) atoms. The average Bonchev–Trinajstić information content (AvgIpc) is 3.54. The topological polar surface area (TPSA) is 49.2 Å². The van der Waals surface area contributed by atoms with Crippen LogP contribution >= 0.6 is 0 Å². The van der Waals surface area contributed by atoms with E-state index in [1.807, 2.05) is 6.07 Å². The Morgan fingerprint density at radius 2 is 1.66 bits per heavy atom. The average molecular weight is 600 g/mol. The Morgan fingerprint density at radius 1 is 0.886 bits per heavy atom. The molecule has 2 aromatic rings. The highest BCUT2D eigenvalue weighted by Crippen LogP contribution is 2.77. The molecule has 5 fully saturated rings. The van der Waals surface area contributed by atoms with Crippen molar-refractivity contribution in [2.45, 2.75) is 131 Å². The summed E-state index contributed by atoms with van der Waals surface area (Å²) in [6, 6.07) is 8.40. The number of hydrogen-bond acceptors (Lipinski definition) is 4. The molecule has 1 aromatic heterocycles. The summed E-state index contributed by atoms with van der Waals surface area (Å²) in [5.41, 5.74) is 5.71. The number of benzene rings is 1. The molecule has 1 aliphatic heterocycles. The molecule has 2 bridgehead atoms. The smallest absolute Gasteiger partial charge is 0.122 e. The lowest BCUT2D eigenvalue weighted by Gasteiger charge is -2.72. The summed E-state index contributed by atoms with van der Waals surface area (Å²) in [7, 11) is 1.77. The van der Waals surface area contributed by atoms with Crippen molar-refractivity contribution in [3.63, 3.8) is 0 Å². The predicted octanol–water partition coefficient (Wildman–Crippen LogP) is 8.43. The van der Waals surface area contributed by atoms with Gasteiger partial charge in [-0.15, -0.1) is 5.10 Å². The molecule has 8 rings (SSSR count). The Balaban J connectivity index is 1.11. The fourth-order valence-electron chi connectivity index (χ4n) is 13.8. The molecule has 1 aromatic carbocycles. The molecule has 5 aliphatic carbocycles. The third kappa shape index (κ3) is 3.63. The van der Waals surface area contributed by atoms with Gasteiger partial charge < -0.3 is 9.47 Å². The number of methoxy groups -OCH3 is 1. The Labute approximate surface area is 266 Å². The number of ether oxygens (including phenoxy) is 2. The van der Waals surface area contributed by atoms with E-state index in [4.69, 9.17) is 19.8 Å². The van der Waals surface area contributed by atoms with Crippen molar-refractivity contribution in [2.75, 3.05) is 13.7 Å². The Morgan fingerprint density at radius 3 is 2.45 bits per heavy atom. The summed E-state index contributed by atoms with van der Waals surface area (Å²) < 4.78 is 14.7. The van der Waals surface area contributed by atoms with Crippen LogP contribution < -0.4 is 4.74 Å². The molecule has 0 radical (unpaired) electrons. The number of para-hydroxylation sites is 1. The minimum atomic E-state index is 0.0443. The van der Waals surface area contributed by atoms with Gasteiger partial charge in [0.2, 0.25) is 0 Å². The molecule has 0 N–H and O–H groups in total. The minimum absolute atomic E-state index is 0.0443. The number of nitrogens with zero attached hydrogens (tertiary/aromatic N) is 3. The number of aryl methyl sites for hydroxylation is 2. The lowest BCUT2D eigenvalue weighted by atomic mass is 9.31. The van der Waals surface area contributed by atoms with Crippen LogP contribution in [0, 0.1) is 50.7 Å². The number of hydrogen-bond donors (Lipinski definition) is 0. The van der Waals surface area contributed by atoms with E-state index >= 15 is 0 Å². The van der Waals surface area contributed by atoms with E-state index in [9.17, 15) is 0 Å². The van der Waals surface area contributed by atoms with Crippen LogP contribution in [0.15, 0.2) is 24.3 Å². The maximum Gasteiger partial charge on any atom is 0.122 e. The van der Waals surface area contributed by atoms with Gasteiger partial charge in [-0.1, -0.05) is 71.9 Å². The first-order valence-electron chi connectivity index (χ1n) is 18.0. The number of aromatic nitrogens is 3. The Kier molecular flexibility index (Phi) is 6.27. The quantitative estimate of drug-likeness (QED) is 0.354. The second kappa shape index (κ2) is 9.35. The van der Waals surface area contributed by atoms with Crippen molar-refractivity contribution in [1.29, 1.82) is 0 Å². The van der Waals surface area contributed by atoms with E-state index in [0.29, 0.717) is 33.7 Å². The van der Waals surface area contributed by atoms with Crippen molar-refractivity contribution < 1.29 is 9.47 Å². The first-order valence-corrected chi connectivity index (χ1v) is 18.0. The molecule has 9 atom stereocenters. The van der Waals surface area contributed by atoms with Gasteiger partial charge in [0, 0.05) is 12.0 Å². The first-order chi connectivity index (χ1) is 20.8. The van der Waals surface area contributed by atoms with Gasteiger partial charge in [0.1, 0.15) is 5.75 Å². The van der Waals surface area contributed by atoms with Crippen LogP contribution in [0.1, 0.15) is 117 Å². The molecule has 0 spiro atoms. The van der Waals surface area contributed by atoms with Crippen molar-refractivity contribution in [1.82, 2.24) is 15.0 Å². The van der Waals surface area contributed by atoms with Crippen molar-refractivity contribution >= 4 is 0 Å². The molecule has 240 valence electrons. The third-order valence-corrected chi connectivity index (χ3v) is 16.0. The largest absolute Gasteiger partial charge is 0.496 e. The highest BCUT2D eigenvalue weighted by atomic mass is 16.5. The summed E-state index contributed by atoms with van der Waals surface area (Å²) >= 11 is 0. The molecule has 1 saturated heterocycles. The molecule has 5 heteroatoms. The summed E-state index contributed by atoms with van der Waals surface area (Å²) in [5, 5.41) is 9.81. The standard InChI is InChI=1S/C39H57N3O2/c1-34(2)18-20-39-21-19-37(6)26(31(39)33(34)44-24-39)13-14-30-36(5)23-27-32(35(3,4)29(36)15-17-38(30,37)7)42(41-40-27)22-16-25-11-9-10-12-28(25)43-8/h9-12,26,29-31,33H,13-24H2,1-8H3/t26-,29+,30-,31+,33-,36+,37-,38-,39-/m1/s1. The summed E-state index contributed by atoms with van der Waals surface area (Å²) in [4.78, 5) is 0. The van der Waals surface area contributed by atoms with E-state index in [1.165, 1.54) is 68.3 Å². The molecule has 0 amide bonds. The fraction of sp³-hybridized carbons (Fsp3) is 0.795. The van der Waals surface area contributed by atoms with Crippen LogP contribution in [0.25, 0.3) is 0 Å². The SMILES string of the molecule is COc1ccccc1CCn1nnc2c1C(C)(C)[C@@H]1CC[C@]3(C)[C@H](CC[C@@H]4[C@H]5[C@H]6OC[C@@]5(CCC6(C)C)CC[C@]43C)[C@@]1(C)C2. The minimum Gasteiger partial charge on any atom is -0.496 e. The monoisotopic (exact) mass is 599 g/mol. The van der Waals surface area contributed by atoms with Gasteiger partial charge >= 0.3 is 0 Å². The molecule has 4 saturated carbocycles. The van der Waals surface area contributed by atoms with Gasteiger partial charge in [0.15, 0.2) is 0 Å². The van der Waals surface area contributed by atoms with E-state index in [0.717, 1.165) is 49.5 Å². The normalized spacial score (nSPS) is 44.5. The summed E-state index contributed by atoms with van der Waals surface area (Å²) in [5.74, 6) is 3.89. The molecule has 6 aliphatic rings. The van der Waals surface area contributed by atoms with E-state index in [2.05, 4.69) is 71.3 Å². The van der Waals surface area contributed by atoms with E-state index < -0.39 is 0 Å². The van der Waals surface area contributed by atoms with Crippen molar-refractivity contribution in [2.24, 2.45) is 50.7 Å². The zero-order chi connectivity index (χ0) is 30.9. The lowest BCUT2D eigenvalue weighted by Crippen LogP contribution is -2.67. The van der Waals surface area contributed by atoms with Gasteiger partial charge in [0.25, 0.3) is 0 Å². The van der Waals surface area contributed by atoms with Crippen LogP contribution in [0.4, 0.5) is 0 Å². The second-order valence-corrected chi connectivity index (χ2v) is 18.3. The summed E-state index contributed by atoms with van der Waals surface area (Å²) in [6.45, 7) is 20.1. The fourth-order valence-corrected chi connectivity index (χ4v) is 13.8. The van der Waals surface area contributed by atoms with E-state index in [1.54, 1.807) is 7.11 Å². The highest BCUT2D eigenvalue weighted by Gasteiger charge is 2.73. The maximum atomic E-state index is 6.80. The van der Waals surface area contributed by atoms with Gasteiger partial charge in [-0.3, -0.25) is 0 Å². The second-order valence-electron chi connectivity index (χ2n) is 18.3. The van der Waals surface area contributed by atoms with E-state index in [-0.39, 0.29) is 10.8 Å². The van der Waals surface area contributed by atoms with Gasteiger partial charge in [-0.25, -0.2) is 4.68 Å². The molecule has 2 heterocycles. The van der Waals surface area contributed by atoms with Crippen LogP contribution in [0.2, 0.25) is 0 Å². The maximum absolute atomic E-state index is 6.80. The van der Waals surface area contributed by atoms with Crippen LogP contribution in [-0.4, -0.2) is 34.8 Å². The van der Waals surface area contributed by atoms with Crippen molar-refractivity contribution in [3.05, 3.63) is 41.2 Å². The number of rotatable bonds is 4. The zero-order valence-corrected chi connectivity index (χ0v) is 28.8. The zero-order valence-electron chi connectivity index (χ0n) is 28.8. The molecular formula is C39H57N3O2. The molecular weight excluding hydrogens is 542 g/mol. The van der Waals surface area contributed by atoms with Crippen molar-refractivity contribution in [3.8, 4) is 5.75 Å². The van der Waals surface area contributed by atoms with Crippen LogP contribution in [-0.2, 0) is 29.5 Å². The highest BCUT2D eigenvalue weighted by molar-refractivity contribution is 5.35. The Bertz CT molecular complexity index is 1460.